The van der Waals surface area contributed by atoms with Crippen LogP contribution in [0, 0.1) is 0 Å². The Labute approximate surface area is 63.4 Å². The Morgan fingerprint density at radius 2 is 1.90 bits per heavy atom. The largest absolute Gasteiger partial charge is 0.391 e. The minimum Gasteiger partial charge on any atom is -0.391 e. The van der Waals surface area contributed by atoms with E-state index < -0.39 is 0 Å². The van der Waals surface area contributed by atoms with Crippen molar-refractivity contribution in [2.45, 2.75) is 20.0 Å². The van der Waals surface area contributed by atoms with Crippen molar-refractivity contribution in [1.29, 1.82) is 0 Å². The number of rotatable bonds is 3. The molecular weight excluding hydrogens is 130 g/mol. The van der Waals surface area contributed by atoms with E-state index in [1.54, 1.807) is 6.92 Å². The van der Waals surface area contributed by atoms with Gasteiger partial charge in [-0.3, -0.25) is 0 Å². The Balaban J connectivity index is 0. The standard InChI is InChI=1S/C5H12O2.C2H7N/c1-3-7-4-5(2)6;1-3-2/h5-6H,3-4H2,1-2H3;3H,1-2H3. The highest BCUT2D eigenvalue weighted by molar-refractivity contribution is 4.38. The van der Waals surface area contributed by atoms with Crippen LogP contribution in [0.1, 0.15) is 13.8 Å². The van der Waals surface area contributed by atoms with E-state index in [4.69, 9.17) is 9.84 Å². The normalized spacial score (nSPS) is 11.7. The van der Waals surface area contributed by atoms with E-state index in [1.165, 1.54) is 0 Å². The molecule has 0 spiro atoms. The molecule has 2 N–H and O–H groups in total. The minimum atomic E-state index is -0.319. The number of hydrogen-bond acceptors (Lipinski definition) is 3. The Morgan fingerprint density at radius 3 is 2.00 bits per heavy atom. The van der Waals surface area contributed by atoms with Crippen LogP contribution in [-0.4, -0.2) is 38.5 Å². The summed E-state index contributed by atoms with van der Waals surface area (Å²) in [6.45, 7) is 4.75. The number of hydrogen-bond donors (Lipinski definition) is 2. The second-order valence-electron chi connectivity index (χ2n) is 2.01. The zero-order valence-electron chi connectivity index (χ0n) is 7.35. The zero-order chi connectivity index (χ0) is 8.41. The van der Waals surface area contributed by atoms with Gasteiger partial charge in [0.25, 0.3) is 0 Å². The first kappa shape index (κ1) is 12.5. The zero-order valence-corrected chi connectivity index (χ0v) is 7.35. The number of nitrogens with one attached hydrogen (secondary N) is 1. The number of aliphatic hydroxyl groups is 1. The monoisotopic (exact) mass is 149 g/mol. The Bertz CT molecular complexity index is 48.9. The predicted molar refractivity (Wildman–Crippen MR) is 43.2 cm³/mol. The smallest absolute Gasteiger partial charge is 0.0745 e. The van der Waals surface area contributed by atoms with E-state index in [1.807, 2.05) is 21.0 Å². The van der Waals surface area contributed by atoms with Crippen molar-refractivity contribution in [3.8, 4) is 0 Å². The summed E-state index contributed by atoms with van der Waals surface area (Å²) in [7, 11) is 3.75. The van der Waals surface area contributed by atoms with E-state index in [0.29, 0.717) is 13.2 Å². The fourth-order valence-corrected chi connectivity index (χ4v) is 0.288. The van der Waals surface area contributed by atoms with Crippen LogP contribution < -0.4 is 5.32 Å². The summed E-state index contributed by atoms with van der Waals surface area (Å²) in [5, 5.41) is 11.3. The van der Waals surface area contributed by atoms with E-state index in [-0.39, 0.29) is 6.10 Å². The molecule has 0 aromatic heterocycles. The van der Waals surface area contributed by atoms with Crippen LogP contribution in [0.4, 0.5) is 0 Å². The fraction of sp³-hybridized carbons (Fsp3) is 1.00. The molecule has 3 nitrogen and oxygen atoms in total. The second-order valence-corrected chi connectivity index (χ2v) is 2.01. The summed E-state index contributed by atoms with van der Waals surface area (Å²) in [5.74, 6) is 0. The van der Waals surface area contributed by atoms with Gasteiger partial charge in [-0.05, 0) is 27.9 Å². The summed E-state index contributed by atoms with van der Waals surface area (Å²) in [6.07, 6.45) is -0.319. The van der Waals surface area contributed by atoms with Gasteiger partial charge in [0.15, 0.2) is 0 Å². The van der Waals surface area contributed by atoms with Crippen LogP contribution in [0.25, 0.3) is 0 Å². The van der Waals surface area contributed by atoms with Gasteiger partial charge in [-0.25, -0.2) is 0 Å². The van der Waals surface area contributed by atoms with Crippen molar-refractivity contribution < 1.29 is 9.84 Å². The first-order valence-electron chi connectivity index (χ1n) is 3.53. The molecule has 0 saturated heterocycles. The van der Waals surface area contributed by atoms with Crippen LogP contribution in [0.15, 0.2) is 0 Å². The number of aliphatic hydroxyl groups excluding tert-OH is 1. The van der Waals surface area contributed by atoms with Crippen molar-refractivity contribution in [1.82, 2.24) is 5.32 Å². The SMILES string of the molecule is CCOCC(C)O.CNC. The first-order valence-corrected chi connectivity index (χ1v) is 3.53. The van der Waals surface area contributed by atoms with Gasteiger partial charge in [-0.1, -0.05) is 0 Å². The Hall–Kier alpha value is -0.120. The molecule has 0 bridgehead atoms. The lowest BCUT2D eigenvalue weighted by molar-refractivity contribution is 0.0527. The molecule has 0 fully saturated rings. The van der Waals surface area contributed by atoms with Gasteiger partial charge in [0.05, 0.1) is 12.7 Å². The quantitative estimate of drug-likeness (QED) is 0.604. The molecule has 0 saturated carbocycles. The molecule has 0 amide bonds. The highest BCUT2D eigenvalue weighted by Gasteiger charge is 1.89. The third-order valence-corrected chi connectivity index (χ3v) is 0.563. The molecule has 0 aromatic rings. The maximum atomic E-state index is 8.56. The van der Waals surface area contributed by atoms with Gasteiger partial charge in [-0.15, -0.1) is 0 Å². The van der Waals surface area contributed by atoms with Crippen LogP contribution >= 0.6 is 0 Å². The van der Waals surface area contributed by atoms with Gasteiger partial charge in [0, 0.05) is 6.61 Å². The van der Waals surface area contributed by atoms with Crippen LogP contribution in [-0.2, 0) is 4.74 Å². The lowest BCUT2D eigenvalue weighted by Gasteiger charge is -2.00. The molecular formula is C7H19NO2. The predicted octanol–water partition coefficient (Wildman–Crippen LogP) is 0.239. The van der Waals surface area contributed by atoms with E-state index in [0.717, 1.165) is 0 Å². The molecule has 0 aromatic carbocycles. The highest BCUT2D eigenvalue weighted by atomic mass is 16.5. The maximum absolute atomic E-state index is 8.56. The molecule has 10 heavy (non-hydrogen) atoms. The molecule has 64 valence electrons. The van der Waals surface area contributed by atoms with Crippen molar-refractivity contribution in [2.24, 2.45) is 0 Å². The minimum absolute atomic E-state index is 0.319. The summed E-state index contributed by atoms with van der Waals surface area (Å²) in [4.78, 5) is 0. The fourth-order valence-electron chi connectivity index (χ4n) is 0.288. The van der Waals surface area contributed by atoms with Crippen molar-refractivity contribution in [3.63, 3.8) is 0 Å². The van der Waals surface area contributed by atoms with Gasteiger partial charge in [0.2, 0.25) is 0 Å². The summed E-state index contributed by atoms with van der Waals surface area (Å²) < 4.78 is 4.84. The molecule has 0 aliphatic rings. The van der Waals surface area contributed by atoms with Gasteiger partial charge < -0.3 is 15.2 Å². The lowest BCUT2D eigenvalue weighted by Crippen LogP contribution is -2.09. The topological polar surface area (TPSA) is 41.5 Å². The van der Waals surface area contributed by atoms with E-state index in [2.05, 4.69) is 5.32 Å². The summed E-state index contributed by atoms with van der Waals surface area (Å²) >= 11 is 0. The lowest BCUT2D eigenvalue weighted by atomic mass is 10.4. The summed E-state index contributed by atoms with van der Waals surface area (Å²) in [5.41, 5.74) is 0. The first-order chi connectivity index (χ1) is 4.68. The van der Waals surface area contributed by atoms with Crippen LogP contribution in [0.5, 0.6) is 0 Å². The third kappa shape index (κ3) is 24.8. The average molecular weight is 149 g/mol. The molecule has 0 rings (SSSR count). The maximum Gasteiger partial charge on any atom is 0.0745 e. The van der Waals surface area contributed by atoms with Crippen molar-refractivity contribution >= 4 is 0 Å². The van der Waals surface area contributed by atoms with Crippen LogP contribution in [0.3, 0.4) is 0 Å². The molecule has 1 unspecified atom stereocenters. The molecule has 0 aliphatic carbocycles. The van der Waals surface area contributed by atoms with E-state index in [9.17, 15) is 0 Å². The van der Waals surface area contributed by atoms with Gasteiger partial charge >= 0.3 is 0 Å². The second kappa shape index (κ2) is 11.6. The van der Waals surface area contributed by atoms with Crippen molar-refractivity contribution in [2.75, 3.05) is 27.3 Å². The average Bonchev–Trinajstić information content (AvgIpc) is 1.85. The molecule has 0 aliphatic heterocycles. The molecule has 3 heteroatoms. The summed E-state index contributed by atoms with van der Waals surface area (Å²) in [6, 6.07) is 0. The van der Waals surface area contributed by atoms with Crippen LogP contribution in [0.2, 0.25) is 0 Å². The Kier molecular flexibility index (Phi) is 14.6. The third-order valence-electron chi connectivity index (χ3n) is 0.563. The van der Waals surface area contributed by atoms with Gasteiger partial charge in [0.1, 0.15) is 0 Å². The molecule has 0 heterocycles. The Morgan fingerprint density at radius 1 is 1.50 bits per heavy atom. The van der Waals surface area contributed by atoms with Crippen molar-refractivity contribution in [3.05, 3.63) is 0 Å². The number of ether oxygens (including phenoxy) is 1. The highest BCUT2D eigenvalue weighted by Crippen LogP contribution is 1.79. The molecule has 0 radical (unpaired) electrons. The van der Waals surface area contributed by atoms with E-state index >= 15 is 0 Å². The molecule has 1 atom stereocenters. The van der Waals surface area contributed by atoms with Gasteiger partial charge in [-0.2, -0.15) is 0 Å².